The summed E-state index contributed by atoms with van der Waals surface area (Å²) in [5.41, 5.74) is 0.192. The molecule has 1 rings (SSSR count). The van der Waals surface area contributed by atoms with Gasteiger partial charge in [0.25, 0.3) is 0 Å². The Balaban J connectivity index is 2.54. The van der Waals surface area contributed by atoms with Crippen molar-refractivity contribution in [2.24, 2.45) is 0 Å². The van der Waals surface area contributed by atoms with E-state index in [-0.39, 0.29) is 5.57 Å². The van der Waals surface area contributed by atoms with E-state index < -0.39 is 5.97 Å². The van der Waals surface area contributed by atoms with Gasteiger partial charge in [0.05, 0.1) is 6.54 Å². The Morgan fingerprint density at radius 1 is 1.69 bits per heavy atom. The standard InChI is InChI=1S/C11H17N3O2/c1-4-14-6-5-12-10(14)8-13(3)7-9(2)11(15)16/h5-6H,2,4,7-8H2,1,3H3,(H,15,16). The van der Waals surface area contributed by atoms with Crippen LogP contribution in [0.15, 0.2) is 24.5 Å². The summed E-state index contributed by atoms with van der Waals surface area (Å²) in [6, 6.07) is 0. The van der Waals surface area contributed by atoms with Crippen LogP contribution < -0.4 is 0 Å². The molecule has 0 fully saturated rings. The second kappa shape index (κ2) is 5.46. The molecule has 0 atom stereocenters. The van der Waals surface area contributed by atoms with Crippen LogP contribution in [0.5, 0.6) is 0 Å². The van der Waals surface area contributed by atoms with E-state index in [2.05, 4.69) is 11.6 Å². The first-order valence-corrected chi connectivity index (χ1v) is 5.14. The fourth-order valence-corrected chi connectivity index (χ4v) is 1.47. The number of carbonyl (C=O) groups is 1. The zero-order valence-corrected chi connectivity index (χ0v) is 9.68. The van der Waals surface area contributed by atoms with Crippen LogP contribution >= 0.6 is 0 Å². The van der Waals surface area contributed by atoms with Crippen LogP contribution in [0, 0.1) is 0 Å². The van der Waals surface area contributed by atoms with Crippen LogP contribution in [0.4, 0.5) is 0 Å². The van der Waals surface area contributed by atoms with Crippen molar-refractivity contribution in [1.82, 2.24) is 14.5 Å². The lowest BCUT2D eigenvalue weighted by atomic mass is 10.3. The summed E-state index contributed by atoms with van der Waals surface area (Å²) < 4.78 is 2.03. The van der Waals surface area contributed by atoms with Gasteiger partial charge in [0.15, 0.2) is 0 Å². The Labute approximate surface area is 95.0 Å². The normalized spacial score (nSPS) is 10.7. The summed E-state index contributed by atoms with van der Waals surface area (Å²) in [6.07, 6.45) is 3.66. The van der Waals surface area contributed by atoms with Crippen molar-refractivity contribution in [2.45, 2.75) is 20.0 Å². The number of hydrogen-bond acceptors (Lipinski definition) is 3. The highest BCUT2D eigenvalue weighted by molar-refractivity contribution is 5.86. The molecular formula is C11H17N3O2. The largest absolute Gasteiger partial charge is 0.478 e. The SMILES string of the molecule is C=C(CN(C)Cc1nccn1CC)C(=O)O. The van der Waals surface area contributed by atoms with Crippen LogP contribution in [0.1, 0.15) is 12.7 Å². The molecule has 5 heteroatoms. The van der Waals surface area contributed by atoms with E-state index in [0.717, 1.165) is 12.4 Å². The van der Waals surface area contributed by atoms with Crippen molar-refractivity contribution in [2.75, 3.05) is 13.6 Å². The van der Waals surface area contributed by atoms with Crippen LogP contribution in [-0.4, -0.2) is 39.1 Å². The van der Waals surface area contributed by atoms with Gasteiger partial charge in [0.2, 0.25) is 0 Å². The minimum atomic E-state index is -0.953. The number of hydrogen-bond donors (Lipinski definition) is 1. The van der Waals surface area contributed by atoms with Crippen molar-refractivity contribution in [3.63, 3.8) is 0 Å². The highest BCUT2D eigenvalue weighted by Crippen LogP contribution is 2.03. The highest BCUT2D eigenvalue weighted by Gasteiger charge is 2.10. The first-order valence-electron chi connectivity index (χ1n) is 5.14. The van der Waals surface area contributed by atoms with Crippen LogP contribution in [0.3, 0.4) is 0 Å². The van der Waals surface area contributed by atoms with Crippen LogP contribution in [0.2, 0.25) is 0 Å². The number of aromatic nitrogens is 2. The van der Waals surface area contributed by atoms with Crippen molar-refractivity contribution >= 4 is 5.97 Å². The summed E-state index contributed by atoms with van der Waals surface area (Å²) in [5, 5.41) is 8.71. The maximum absolute atomic E-state index is 10.6. The van der Waals surface area contributed by atoms with Gasteiger partial charge in [-0.3, -0.25) is 4.90 Å². The minimum absolute atomic E-state index is 0.192. The molecule has 0 aliphatic carbocycles. The van der Waals surface area contributed by atoms with Gasteiger partial charge in [-0.15, -0.1) is 0 Å². The molecule has 0 radical (unpaired) electrons. The van der Waals surface area contributed by atoms with Crippen molar-refractivity contribution < 1.29 is 9.90 Å². The van der Waals surface area contributed by atoms with E-state index in [1.807, 2.05) is 29.6 Å². The predicted octanol–water partition coefficient (Wildman–Crippen LogP) is 0.976. The Kier molecular flexibility index (Phi) is 4.25. The van der Waals surface area contributed by atoms with E-state index in [9.17, 15) is 4.79 Å². The molecule has 1 N–H and O–H groups in total. The molecule has 0 unspecified atom stereocenters. The summed E-state index contributed by atoms with van der Waals surface area (Å²) >= 11 is 0. The lowest BCUT2D eigenvalue weighted by Gasteiger charge is -2.16. The zero-order valence-electron chi connectivity index (χ0n) is 9.68. The minimum Gasteiger partial charge on any atom is -0.478 e. The third kappa shape index (κ3) is 3.20. The van der Waals surface area contributed by atoms with Gasteiger partial charge >= 0.3 is 5.97 Å². The van der Waals surface area contributed by atoms with E-state index in [1.165, 1.54) is 0 Å². The summed E-state index contributed by atoms with van der Waals surface area (Å²) in [6.45, 7) is 7.36. The fourth-order valence-electron chi connectivity index (χ4n) is 1.47. The molecule has 0 saturated carbocycles. The van der Waals surface area contributed by atoms with Crippen molar-refractivity contribution in [1.29, 1.82) is 0 Å². The molecule has 1 aromatic rings. The smallest absolute Gasteiger partial charge is 0.332 e. The number of rotatable bonds is 6. The first-order chi connectivity index (χ1) is 7.54. The third-order valence-electron chi connectivity index (χ3n) is 2.32. The number of likely N-dealkylation sites (N-methyl/N-ethyl adjacent to an activating group) is 1. The quantitative estimate of drug-likeness (QED) is 0.730. The molecule has 5 nitrogen and oxygen atoms in total. The van der Waals surface area contributed by atoms with E-state index in [1.54, 1.807) is 6.20 Å². The summed E-state index contributed by atoms with van der Waals surface area (Å²) in [7, 11) is 1.85. The molecule has 0 saturated heterocycles. The number of carboxylic acids is 1. The summed E-state index contributed by atoms with van der Waals surface area (Å²) in [5.74, 6) is -0.0196. The zero-order chi connectivity index (χ0) is 12.1. The Morgan fingerprint density at radius 3 is 2.94 bits per heavy atom. The Bertz CT molecular complexity index is 384. The van der Waals surface area contributed by atoms with E-state index in [0.29, 0.717) is 13.1 Å². The molecule has 0 aliphatic heterocycles. The van der Waals surface area contributed by atoms with Crippen LogP contribution in [-0.2, 0) is 17.9 Å². The Morgan fingerprint density at radius 2 is 2.38 bits per heavy atom. The monoisotopic (exact) mass is 223 g/mol. The molecule has 0 bridgehead atoms. The average Bonchev–Trinajstić information content (AvgIpc) is 2.64. The predicted molar refractivity (Wildman–Crippen MR) is 61.0 cm³/mol. The second-order valence-corrected chi connectivity index (χ2v) is 3.71. The van der Waals surface area contributed by atoms with Crippen molar-refractivity contribution in [3.05, 3.63) is 30.4 Å². The van der Waals surface area contributed by atoms with E-state index in [4.69, 9.17) is 5.11 Å². The van der Waals surface area contributed by atoms with Crippen molar-refractivity contribution in [3.8, 4) is 0 Å². The number of aryl methyl sites for hydroxylation is 1. The lowest BCUT2D eigenvalue weighted by molar-refractivity contribution is -0.132. The van der Waals surface area contributed by atoms with Gasteiger partial charge in [0.1, 0.15) is 5.82 Å². The highest BCUT2D eigenvalue weighted by atomic mass is 16.4. The fraction of sp³-hybridized carbons (Fsp3) is 0.455. The van der Waals surface area contributed by atoms with Gasteiger partial charge in [-0.05, 0) is 14.0 Å². The van der Waals surface area contributed by atoms with Gasteiger partial charge < -0.3 is 9.67 Å². The van der Waals surface area contributed by atoms with Gasteiger partial charge in [0, 0.05) is 31.1 Å². The summed E-state index contributed by atoms with van der Waals surface area (Å²) in [4.78, 5) is 16.7. The number of aliphatic carboxylic acids is 1. The lowest BCUT2D eigenvalue weighted by Crippen LogP contribution is -2.24. The average molecular weight is 223 g/mol. The Hall–Kier alpha value is -1.62. The maximum atomic E-state index is 10.6. The second-order valence-electron chi connectivity index (χ2n) is 3.71. The molecule has 88 valence electrons. The third-order valence-corrected chi connectivity index (χ3v) is 2.32. The van der Waals surface area contributed by atoms with Gasteiger partial charge in [-0.25, -0.2) is 9.78 Å². The molecule has 0 spiro atoms. The molecule has 16 heavy (non-hydrogen) atoms. The first kappa shape index (κ1) is 12.4. The van der Waals surface area contributed by atoms with Gasteiger partial charge in [-0.2, -0.15) is 0 Å². The molecule has 0 aromatic carbocycles. The van der Waals surface area contributed by atoms with Crippen LogP contribution in [0.25, 0.3) is 0 Å². The topological polar surface area (TPSA) is 58.4 Å². The molecule has 1 aromatic heterocycles. The molecule has 1 heterocycles. The van der Waals surface area contributed by atoms with Gasteiger partial charge in [-0.1, -0.05) is 6.58 Å². The number of imidazole rings is 1. The molecular weight excluding hydrogens is 206 g/mol. The maximum Gasteiger partial charge on any atom is 0.332 e. The number of carboxylic acid groups (broad SMARTS) is 1. The molecule has 0 aliphatic rings. The van der Waals surface area contributed by atoms with E-state index >= 15 is 0 Å². The number of nitrogens with zero attached hydrogens (tertiary/aromatic N) is 3. The molecule has 0 amide bonds.